The number of ether oxygens (including phenoxy) is 2. The first-order valence-corrected chi connectivity index (χ1v) is 6.28. The molecule has 0 rings (SSSR count). The van der Waals surface area contributed by atoms with Gasteiger partial charge in [-0.3, -0.25) is 0 Å². The lowest BCUT2D eigenvalue weighted by molar-refractivity contribution is -0.166. The van der Waals surface area contributed by atoms with Gasteiger partial charge in [0.15, 0.2) is 0 Å². The van der Waals surface area contributed by atoms with Gasteiger partial charge < -0.3 is 9.47 Å². The van der Waals surface area contributed by atoms with Gasteiger partial charge in [0.2, 0.25) is 0 Å². The fraction of sp³-hybridized carbons (Fsp3) is 0.714. The summed E-state index contributed by atoms with van der Waals surface area (Å²) in [6.45, 7) is 10.7. The predicted octanol–water partition coefficient (Wildman–Crippen LogP) is 2.72. The van der Waals surface area contributed by atoms with Crippen molar-refractivity contribution in [1.82, 2.24) is 0 Å². The number of esters is 2. The molecule has 104 valence electrons. The number of carbonyl (C=O) groups is 2. The minimum Gasteiger partial charge on any atom is -0.461 e. The van der Waals surface area contributed by atoms with Crippen molar-refractivity contribution in [3.8, 4) is 0 Å². The van der Waals surface area contributed by atoms with E-state index in [0.717, 1.165) is 26.4 Å². The Hall–Kier alpha value is -1.32. The predicted molar refractivity (Wildman–Crippen MR) is 70.0 cm³/mol. The second-order valence-electron chi connectivity index (χ2n) is 5.07. The molecule has 0 aliphatic rings. The zero-order valence-electron chi connectivity index (χ0n) is 11.8. The van der Waals surface area contributed by atoms with Crippen LogP contribution in [0.3, 0.4) is 0 Å². The van der Waals surface area contributed by atoms with Crippen molar-refractivity contribution in [2.45, 2.75) is 40.0 Å². The van der Waals surface area contributed by atoms with Crippen LogP contribution in [-0.2, 0) is 19.1 Å². The molecular weight excluding hydrogens is 232 g/mol. The minimum atomic E-state index is -0.952. The van der Waals surface area contributed by atoms with Gasteiger partial charge in [-0.15, -0.1) is 0 Å². The van der Waals surface area contributed by atoms with Crippen LogP contribution in [0.2, 0.25) is 0 Å². The molecule has 0 aliphatic carbocycles. The second kappa shape index (κ2) is 8.72. The molecule has 0 bridgehead atoms. The molecule has 0 saturated heterocycles. The highest BCUT2D eigenvalue weighted by Crippen LogP contribution is 2.19. The molecule has 4 nitrogen and oxygen atoms in total. The Morgan fingerprint density at radius 1 is 1.11 bits per heavy atom. The highest BCUT2D eigenvalue weighted by molar-refractivity contribution is 6.29. The van der Waals surface area contributed by atoms with E-state index in [1.54, 1.807) is 0 Å². The Labute approximate surface area is 109 Å². The molecule has 0 fully saturated rings. The van der Waals surface area contributed by atoms with Crippen LogP contribution in [-0.4, -0.2) is 25.7 Å². The van der Waals surface area contributed by atoms with Gasteiger partial charge in [-0.25, -0.2) is 9.59 Å². The third-order valence-electron chi connectivity index (χ3n) is 2.53. The maximum absolute atomic E-state index is 11.0. The van der Waals surface area contributed by atoms with Crippen LogP contribution in [0.15, 0.2) is 12.2 Å². The van der Waals surface area contributed by atoms with Crippen LogP contribution < -0.4 is 0 Å². The monoisotopic (exact) mass is 256 g/mol. The topological polar surface area (TPSA) is 52.6 Å². The number of allylic oxidation sites excluding steroid dienone is 1. The lowest BCUT2D eigenvalue weighted by Crippen LogP contribution is -2.20. The van der Waals surface area contributed by atoms with Crippen molar-refractivity contribution < 1.29 is 19.1 Å². The molecule has 0 N–H and O–H groups in total. The van der Waals surface area contributed by atoms with Gasteiger partial charge >= 0.3 is 11.9 Å². The fourth-order valence-corrected chi connectivity index (χ4v) is 1.75. The summed E-state index contributed by atoms with van der Waals surface area (Å²) in [5, 5.41) is 0. The van der Waals surface area contributed by atoms with Crippen LogP contribution in [0.5, 0.6) is 0 Å². The maximum atomic E-state index is 11.0. The highest BCUT2D eigenvalue weighted by atomic mass is 16.6. The lowest BCUT2D eigenvalue weighted by atomic mass is 9.94. The smallest absolute Gasteiger partial charge is 0.417 e. The first-order chi connectivity index (χ1) is 8.36. The van der Waals surface area contributed by atoms with E-state index in [1.807, 2.05) is 0 Å². The zero-order valence-corrected chi connectivity index (χ0v) is 11.8. The molecular formula is C14H24O4. The summed E-state index contributed by atoms with van der Waals surface area (Å²) in [4.78, 5) is 21.8. The summed E-state index contributed by atoms with van der Waals surface area (Å²) >= 11 is 0. The number of hydrogen-bond acceptors (Lipinski definition) is 4. The summed E-state index contributed by atoms with van der Waals surface area (Å²) in [5.41, 5.74) is 1.22. The van der Waals surface area contributed by atoms with Gasteiger partial charge in [0, 0.05) is 0 Å². The summed E-state index contributed by atoms with van der Waals surface area (Å²) in [5.74, 6) is -0.874. The van der Waals surface area contributed by atoms with E-state index >= 15 is 0 Å². The van der Waals surface area contributed by atoms with E-state index < -0.39 is 11.9 Å². The Morgan fingerprint density at radius 3 is 2.22 bits per heavy atom. The molecule has 0 aliphatic heterocycles. The van der Waals surface area contributed by atoms with E-state index in [1.165, 1.54) is 5.57 Å². The molecule has 1 unspecified atom stereocenters. The standard InChI is InChI=1S/C14H24O4/c1-10(2)8-12(4)9-11(3)6-7-18-14(16)13(15)17-5/h10-11H,4,6-9H2,1-3,5H3. The lowest BCUT2D eigenvalue weighted by Gasteiger charge is -2.14. The van der Waals surface area contributed by atoms with Crippen LogP contribution in [0, 0.1) is 11.8 Å². The molecule has 0 spiro atoms. The average molecular weight is 256 g/mol. The third-order valence-corrected chi connectivity index (χ3v) is 2.53. The highest BCUT2D eigenvalue weighted by Gasteiger charge is 2.15. The minimum absolute atomic E-state index is 0.240. The van der Waals surface area contributed by atoms with Crippen molar-refractivity contribution in [2.24, 2.45) is 11.8 Å². The molecule has 0 aromatic carbocycles. The second-order valence-corrected chi connectivity index (χ2v) is 5.07. The van der Waals surface area contributed by atoms with Gasteiger partial charge in [0.1, 0.15) is 0 Å². The van der Waals surface area contributed by atoms with E-state index in [9.17, 15) is 9.59 Å². The van der Waals surface area contributed by atoms with E-state index in [4.69, 9.17) is 4.74 Å². The molecule has 0 aromatic heterocycles. The fourth-order valence-electron chi connectivity index (χ4n) is 1.75. The molecule has 0 saturated carbocycles. The first kappa shape index (κ1) is 16.7. The van der Waals surface area contributed by atoms with Crippen molar-refractivity contribution in [1.29, 1.82) is 0 Å². The molecule has 18 heavy (non-hydrogen) atoms. The van der Waals surface area contributed by atoms with Crippen molar-refractivity contribution in [3.05, 3.63) is 12.2 Å². The number of rotatable bonds is 7. The third kappa shape index (κ3) is 7.87. The normalized spacial score (nSPS) is 12.1. The molecule has 1 atom stereocenters. The molecule has 0 radical (unpaired) electrons. The number of carbonyl (C=O) groups excluding carboxylic acids is 2. The average Bonchev–Trinajstić information content (AvgIpc) is 2.26. The SMILES string of the molecule is C=C(CC(C)C)CC(C)CCOC(=O)C(=O)OC. The van der Waals surface area contributed by atoms with Gasteiger partial charge in [0.25, 0.3) is 0 Å². The Morgan fingerprint density at radius 2 is 1.72 bits per heavy atom. The van der Waals surface area contributed by atoms with Gasteiger partial charge in [-0.1, -0.05) is 32.9 Å². The molecule has 0 amide bonds. The summed E-state index contributed by atoms with van der Waals surface area (Å²) in [6.07, 6.45) is 2.67. The Balaban J connectivity index is 3.77. The maximum Gasteiger partial charge on any atom is 0.417 e. The first-order valence-electron chi connectivity index (χ1n) is 6.28. The number of methoxy groups -OCH3 is 1. The van der Waals surface area contributed by atoms with E-state index in [-0.39, 0.29) is 6.61 Å². The molecule has 0 heterocycles. The largest absolute Gasteiger partial charge is 0.461 e. The van der Waals surface area contributed by atoms with Crippen LogP contribution in [0.4, 0.5) is 0 Å². The van der Waals surface area contributed by atoms with Crippen molar-refractivity contribution in [2.75, 3.05) is 13.7 Å². The van der Waals surface area contributed by atoms with Gasteiger partial charge in [0.05, 0.1) is 13.7 Å². The van der Waals surface area contributed by atoms with Crippen LogP contribution in [0.1, 0.15) is 40.0 Å². The van der Waals surface area contributed by atoms with E-state index in [0.29, 0.717) is 11.8 Å². The summed E-state index contributed by atoms with van der Waals surface area (Å²) in [7, 11) is 1.15. The van der Waals surface area contributed by atoms with Crippen LogP contribution in [0.25, 0.3) is 0 Å². The quantitative estimate of drug-likeness (QED) is 0.399. The van der Waals surface area contributed by atoms with E-state index in [2.05, 4.69) is 32.1 Å². The van der Waals surface area contributed by atoms with Crippen molar-refractivity contribution in [3.63, 3.8) is 0 Å². The van der Waals surface area contributed by atoms with Gasteiger partial charge in [-0.05, 0) is 31.1 Å². The van der Waals surface area contributed by atoms with Crippen LogP contribution >= 0.6 is 0 Å². The summed E-state index contributed by atoms with van der Waals surface area (Å²) in [6, 6.07) is 0. The Kier molecular flexibility index (Phi) is 8.08. The molecule has 0 aromatic rings. The Bertz CT molecular complexity index is 294. The summed E-state index contributed by atoms with van der Waals surface area (Å²) < 4.78 is 9.04. The molecule has 4 heteroatoms. The number of hydrogen-bond donors (Lipinski definition) is 0. The van der Waals surface area contributed by atoms with Gasteiger partial charge in [-0.2, -0.15) is 0 Å². The zero-order chi connectivity index (χ0) is 14.1. The van der Waals surface area contributed by atoms with Crippen molar-refractivity contribution >= 4 is 11.9 Å².